The maximum absolute atomic E-state index is 12.5. The molecular formula is C18H16N2O3. The monoisotopic (exact) mass is 308 g/mol. The molecule has 5 heteroatoms. The Morgan fingerprint density at radius 1 is 1.17 bits per heavy atom. The molecule has 0 N–H and O–H groups in total. The first kappa shape index (κ1) is 15.0. The molecule has 1 amide bonds. The quantitative estimate of drug-likeness (QED) is 0.815. The fourth-order valence-electron chi connectivity index (χ4n) is 2.55. The largest absolute Gasteiger partial charge is 0.461 e. The molecule has 0 spiro atoms. The molecule has 0 fully saturated rings. The van der Waals surface area contributed by atoms with E-state index in [1.807, 2.05) is 18.2 Å². The Bertz CT molecular complexity index is 763. The summed E-state index contributed by atoms with van der Waals surface area (Å²) in [5.74, 6) is -0.571. The fourth-order valence-corrected chi connectivity index (χ4v) is 2.55. The second kappa shape index (κ2) is 6.04. The number of benzene rings is 1. The Kier molecular flexibility index (Phi) is 3.93. The van der Waals surface area contributed by atoms with Crippen LogP contribution in [0.25, 0.3) is 5.70 Å². The van der Waals surface area contributed by atoms with Crippen molar-refractivity contribution in [2.75, 3.05) is 6.61 Å². The standard InChI is InChI=1S/C18H16N2O3/c1-3-23-18(22)16-10-6-7-13(19-16)11-20-12(2)14-8-4-5-9-15(14)17(20)21/h4-10H,2-3,11H2,1H3. The van der Waals surface area contributed by atoms with Gasteiger partial charge in [0, 0.05) is 16.8 Å². The molecule has 3 rings (SSSR count). The zero-order chi connectivity index (χ0) is 16.4. The van der Waals surface area contributed by atoms with Crippen LogP contribution in [0.1, 0.15) is 39.0 Å². The van der Waals surface area contributed by atoms with Gasteiger partial charge in [-0.25, -0.2) is 9.78 Å². The van der Waals surface area contributed by atoms with E-state index >= 15 is 0 Å². The fraction of sp³-hybridized carbons (Fsp3) is 0.167. The summed E-state index contributed by atoms with van der Waals surface area (Å²) in [6, 6.07) is 12.4. The van der Waals surface area contributed by atoms with Crippen molar-refractivity contribution in [1.82, 2.24) is 9.88 Å². The molecule has 0 bridgehead atoms. The summed E-state index contributed by atoms with van der Waals surface area (Å²) in [7, 11) is 0. The Morgan fingerprint density at radius 3 is 2.61 bits per heavy atom. The summed E-state index contributed by atoms with van der Waals surface area (Å²) in [5, 5.41) is 0. The van der Waals surface area contributed by atoms with E-state index in [1.165, 1.54) is 0 Å². The zero-order valence-electron chi connectivity index (χ0n) is 12.8. The minimum Gasteiger partial charge on any atom is -0.461 e. The predicted octanol–water partition coefficient (Wildman–Crippen LogP) is 2.89. The lowest BCUT2D eigenvalue weighted by atomic mass is 10.1. The number of ether oxygens (including phenoxy) is 1. The van der Waals surface area contributed by atoms with Gasteiger partial charge in [-0.05, 0) is 25.1 Å². The van der Waals surface area contributed by atoms with Gasteiger partial charge in [0.1, 0.15) is 5.69 Å². The molecule has 0 atom stereocenters. The average molecular weight is 308 g/mol. The molecule has 0 saturated carbocycles. The number of esters is 1. The van der Waals surface area contributed by atoms with Crippen LogP contribution in [0.5, 0.6) is 0 Å². The van der Waals surface area contributed by atoms with Crippen molar-refractivity contribution in [3.63, 3.8) is 0 Å². The van der Waals surface area contributed by atoms with E-state index in [1.54, 1.807) is 36.1 Å². The molecular weight excluding hydrogens is 292 g/mol. The SMILES string of the molecule is C=C1c2ccccc2C(=O)N1Cc1cccc(C(=O)OCC)n1. The molecule has 1 aliphatic heterocycles. The van der Waals surface area contributed by atoms with Gasteiger partial charge >= 0.3 is 5.97 Å². The molecule has 23 heavy (non-hydrogen) atoms. The van der Waals surface area contributed by atoms with E-state index in [2.05, 4.69) is 11.6 Å². The van der Waals surface area contributed by atoms with Gasteiger partial charge in [-0.1, -0.05) is 30.8 Å². The van der Waals surface area contributed by atoms with Crippen molar-refractivity contribution in [3.8, 4) is 0 Å². The molecule has 0 radical (unpaired) electrons. The highest BCUT2D eigenvalue weighted by atomic mass is 16.5. The van der Waals surface area contributed by atoms with Crippen molar-refractivity contribution in [3.05, 3.63) is 71.6 Å². The van der Waals surface area contributed by atoms with Gasteiger partial charge in [0.05, 0.1) is 18.8 Å². The summed E-state index contributed by atoms with van der Waals surface area (Å²) in [6.45, 7) is 6.29. The minimum atomic E-state index is -0.468. The molecule has 1 aromatic carbocycles. The normalized spacial score (nSPS) is 13.2. The number of pyridine rings is 1. The number of carbonyl (C=O) groups is 2. The van der Waals surface area contributed by atoms with Gasteiger partial charge in [-0.15, -0.1) is 0 Å². The lowest BCUT2D eigenvalue weighted by molar-refractivity contribution is 0.0519. The van der Waals surface area contributed by atoms with Crippen LogP contribution in [0.15, 0.2) is 49.0 Å². The number of hydrogen-bond donors (Lipinski definition) is 0. The Balaban J connectivity index is 1.84. The number of carbonyl (C=O) groups excluding carboxylic acids is 2. The molecule has 2 heterocycles. The predicted molar refractivity (Wildman–Crippen MR) is 85.5 cm³/mol. The lowest BCUT2D eigenvalue weighted by Gasteiger charge is -2.17. The molecule has 0 unspecified atom stereocenters. The first-order valence-corrected chi connectivity index (χ1v) is 7.35. The first-order valence-electron chi connectivity index (χ1n) is 7.35. The van der Waals surface area contributed by atoms with Gasteiger partial charge in [0.15, 0.2) is 0 Å². The molecule has 0 saturated heterocycles. The van der Waals surface area contributed by atoms with Crippen LogP contribution >= 0.6 is 0 Å². The highest BCUT2D eigenvalue weighted by Gasteiger charge is 2.30. The number of nitrogens with zero attached hydrogens (tertiary/aromatic N) is 2. The summed E-state index contributed by atoms with van der Waals surface area (Å²) in [5.41, 5.74) is 2.96. The molecule has 0 aliphatic carbocycles. The molecule has 116 valence electrons. The Labute approximate surface area is 134 Å². The third kappa shape index (κ3) is 2.73. The van der Waals surface area contributed by atoms with Crippen molar-refractivity contribution in [1.29, 1.82) is 0 Å². The van der Waals surface area contributed by atoms with Crippen LogP contribution in [0.4, 0.5) is 0 Å². The summed E-state index contributed by atoms with van der Waals surface area (Å²) in [4.78, 5) is 30.1. The number of hydrogen-bond acceptors (Lipinski definition) is 4. The molecule has 2 aromatic rings. The third-order valence-electron chi connectivity index (χ3n) is 3.65. The molecule has 1 aliphatic rings. The van der Waals surface area contributed by atoms with Crippen molar-refractivity contribution in [2.24, 2.45) is 0 Å². The Hall–Kier alpha value is -2.95. The summed E-state index contributed by atoms with van der Waals surface area (Å²) in [6.07, 6.45) is 0. The molecule has 1 aromatic heterocycles. The van der Waals surface area contributed by atoms with Crippen LogP contribution in [0.2, 0.25) is 0 Å². The van der Waals surface area contributed by atoms with Crippen LogP contribution < -0.4 is 0 Å². The van der Waals surface area contributed by atoms with Gasteiger partial charge in [0.25, 0.3) is 5.91 Å². The van der Waals surface area contributed by atoms with E-state index in [9.17, 15) is 9.59 Å². The van der Waals surface area contributed by atoms with E-state index in [0.29, 0.717) is 23.6 Å². The van der Waals surface area contributed by atoms with E-state index in [0.717, 1.165) is 5.56 Å². The van der Waals surface area contributed by atoms with E-state index in [4.69, 9.17) is 4.74 Å². The van der Waals surface area contributed by atoms with Crippen LogP contribution in [0, 0.1) is 0 Å². The van der Waals surface area contributed by atoms with Crippen LogP contribution in [-0.4, -0.2) is 28.4 Å². The van der Waals surface area contributed by atoms with Gasteiger partial charge in [-0.2, -0.15) is 0 Å². The average Bonchev–Trinajstić information content (AvgIpc) is 2.81. The molecule has 5 nitrogen and oxygen atoms in total. The number of aromatic nitrogens is 1. The summed E-state index contributed by atoms with van der Waals surface area (Å²) < 4.78 is 4.95. The van der Waals surface area contributed by atoms with Crippen molar-refractivity contribution in [2.45, 2.75) is 13.5 Å². The maximum Gasteiger partial charge on any atom is 0.356 e. The van der Waals surface area contributed by atoms with Gasteiger partial charge in [-0.3, -0.25) is 4.79 Å². The highest BCUT2D eigenvalue weighted by molar-refractivity contribution is 6.08. The second-order valence-electron chi connectivity index (χ2n) is 5.12. The van der Waals surface area contributed by atoms with E-state index < -0.39 is 5.97 Å². The zero-order valence-corrected chi connectivity index (χ0v) is 12.8. The lowest BCUT2D eigenvalue weighted by Crippen LogP contribution is -2.23. The number of rotatable bonds is 4. The third-order valence-corrected chi connectivity index (χ3v) is 3.65. The Morgan fingerprint density at radius 2 is 1.91 bits per heavy atom. The van der Waals surface area contributed by atoms with Crippen molar-refractivity contribution < 1.29 is 14.3 Å². The van der Waals surface area contributed by atoms with E-state index in [-0.39, 0.29) is 18.1 Å². The topological polar surface area (TPSA) is 59.5 Å². The number of amides is 1. The van der Waals surface area contributed by atoms with Gasteiger partial charge in [0.2, 0.25) is 0 Å². The maximum atomic E-state index is 12.5. The first-order chi connectivity index (χ1) is 11.1. The van der Waals surface area contributed by atoms with Crippen LogP contribution in [-0.2, 0) is 11.3 Å². The van der Waals surface area contributed by atoms with Crippen molar-refractivity contribution >= 4 is 17.6 Å². The minimum absolute atomic E-state index is 0.103. The highest BCUT2D eigenvalue weighted by Crippen LogP contribution is 2.32. The second-order valence-corrected chi connectivity index (χ2v) is 5.12. The van der Waals surface area contributed by atoms with Gasteiger partial charge < -0.3 is 9.64 Å². The smallest absolute Gasteiger partial charge is 0.356 e. The summed E-state index contributed by atoms with van der Waals surface area (Å²) >= 11 is 0. The van der Waals surface area contributed by atoms with Crippen LogP contribution in [0.3, 0.4) is 0 Å². The number of fused-ring (bicyclic) bond motifs is 1.